The second kappa shape index (κ2) is 6.21. The van der Waals surface area contributed by atoms with Crippen LogP contribution in [0.3, 0.4) is 0 Å². The van der Waals surface area contributed by atoms with E-state index in [2.05, 4.69) is 5.32 Å². The maximum atomic E-state index is 13.7. The lowest BCUT2D eigenvalue weighted by Gasteiger charge is -2.33. The van der Waals surface area contributed by atoms with Gasteiger partial charge in [-0.05, 0) is 41.8 Å². The van der Waals surface area contributed by atoms with E-state index in [4.69, 9.17) is 10.7 Å². The van der Waals surface area contributed by atoms with Gasteiger partial charge in [-0.2, -0.15) is 0 Å². The highest BCUT2D eigenvalue weighted by Crippen LogP contribution is 2.61. The van der Waals surface area contributed by atoms with E-state index >= 15 is 0 Å². The van der Waals surface area contributed by atoms with Gasteiger partial charge in [0.1, 0.15) is 5.82 Å². The molecule has 2 aromatic rings. The molecule has 6 nitrogen and oxygen atoms in total. The fourth-order valence-corrected chi connectivity index (χ4v) is 5.79. The molecule has 0 saturated carbocycles. The van der Waals surface area contributed by atoms with Crippen molar-refractivity contribution in [2.45, 2.75) is 34.5 Å². The summed E-state index contributed by atoms with van der Waals surface area (Å²) in [5.41, 5.74) is 0.245. The maximum Gasteiger partial charge on any atom is 0.261 e. The van der Waals surface area contributed by atoms with E-state index in [0.29, 0.717) is 5.56 Å². The second-order valence-corrected chi connectivity index (χ2v) is 10.6. The SMILES string of the molecule is CC(C)c1cc2c(cc1S(=O)(=O)Cl)S(O)(O)c1cc(F)ccc1C(=O)N2. The number of fused-ring (bicyclic) bond motifs is 2. The van der Waals surface area contributed by atoms with Gasteiger partial charge in [0, 0.05) is 10.7 Å². The summed E-state index contributed by atoms with van der Waals surface area (Å²) in [6.45, 7) is 3.46. The van der Waals surface area contributed by atoms with E-state index < -0.39 is 31.4 Å². The normalized spacial score (nSPS) is 17.1. The van der Waals surface area contributed by atoms with Crippen molar-refractivity contribution in [3.05, 3.63) is 47.3 Å². The lowest BCUT2D eigenvalue weighted by Crippen LogP contribution is -2.12. The molecule has 0 saturated heterocycles. The molecule has 10 heteroatoms. The lowest BCUT2D eigenvalue weighted by atomic mass is 10.0. The van der Waals surface area contributed by atoms with Crippen LogP contribution in [0.5, 0.6) is 0 Å². The van der Waals surface area contributed by atoms with Crippen LogP contribution in [-0.2, 0) is 9.05 Å². The zero-order valence-electron chi connectivity index (χ0n) is 13.7. The summed E-state index contributed by atoms with van der Waals surface area (Å²) >= 11 is 0. The van der Waals surface area contributed by atoms with E-state index in [1.54, 1.807) is 13.8 Å². The summed E-state index contributed by atoms with van der Waals surface area (Å²) in [4.78, 5) is 11.6. The summed E-state index contributed by atoms with van der Waals surface area (Å²) in [6, 6.07) is 5.40. The first kappa shape index (κ1) is 19.1. The molecular formula is C16H15ClFNO5S2. The number of nitrogens with one attached hydrogen (secondary N) is 1. The topological polar surface area (TPSA) is 104 Å². The summed E-state index contributed by atoms with van der Waals surface area (Å²) in [5, 5.41) is 2.53. The Hall–Kier alpha value is -1.65. The van der Waals surface area contributed by atoms with E-state index in [1.165, 1.54) is 6.07 Å². The first-order valence-electron chi connectivity index (χ1n) is 7.44. The van der Waals surface area contributed by atoms with Gasteiger partial charge in [0.05, 0.1) is 25.9 Å². The number of hydrogen-bond acceptors (Lipinski definition) is 5. The van der Waals surface area contributed by atoms with Gasteiger partial charge in [-0.1, -0.05) is 13.8 Å². The van der Waals surface area contributed by atoms with Crippen molar-refractivity contribution in [1.29, 1.82) is 0 Å². The van der Waals surface area contributed by atoms with Crippen molar-refractivity contribution in [2.24, 2.45) is 0 Å². The highest BCUT2D eigenvalue weighted by Gasteiger charge is 2.34. The molecule has 26 heavy (non-hydrogen) atoms. The van der Waals surface area contributed by atoms with Crippen LogP contribution in [0, 0.1) is 5.82 Å². The molecule has 140 valence electrons. The number of amides is 1. The van der Waals surface area contributed by atoms with Crippen molar-refractivity contribution in [3.63, 3.8) is 0 Å². The first-order valence-corrected chi connectivity index (χ1v) is 11.3. The Labute approximate surface area is 155 Å². The van der Waals surface area contributed by atoms with Gasteiger partial charge in [-0.15, -0.1) is 10.6 Å². The highest BCUT2D eigenvalue weighted by molar-refractivity contribution is 8.24. The molecule has 0 fully saturated rings. The molecule has 0 unspecified atom stereocenters. The van der Waals surface area contributed by atoms with Gasteiger partial charge in [0.25, 0.3) is 15.0 Å². The van der Waals surface area contributed by atoms with Crippen LogP contribution < -0.4 is 5.32 Å². The van der Waals surface area contributed by atoms with Gasteiger partial charge in [0.2, 0.25) is 0 Å². The molecule has 0 radical (unpaired) electrons. The van der Waals surface area contributed by atoms with Crippen molar-refractivity contribution < 1.29 is 26.7 Å². The molecule has 1 aliphatic rings. The highest BCUT2D eigenvalue weighted by atomic mass is 35.7. The van der Waals surface area contributed by atoms with E-state index in [1.807, 2.05) is 0 Å². The van der Waals surface area contributed by atoms with Crippen LogP contribution in [0.2, 0.25) is 0 Å². The summed E-state index contributed by atoms with van der Waals surface area (Å²) in [5.74, 6) is -1.69. The number of hydrogen-bond donors (Lipinski definition) is 3. The monoisotopic (exact) mass is 419 g/mol. The predicted molar refractivity (Wildman–Crippen MR) is 97.3 cm³/mol. The Morgan fingerprint density at radius 1 is 1.15 bits per heavy atom. The minimum absolute atomic E-state index is 0.0411. The lowest BCUT2D eigenvalue weighted by molar-refractivity contribution is 0.102. The van der Waals surface area contributed by atoms with Crippen LogP contribution in [0.1, 0.15) is 35.7 Å². The molecule has 2 aromatic carbocycles. The molecule has 3 rings (SSSR count). The van der Waals surface area contributed by atoms with Crippen molar-refractivity contribution in [1.82, 2.24) is 0 Å². The third kappa shape index (κ3) is 3.10. The average Bonchev–Trinajstić information content (AvgIpc) is 2.59. The van der Waals surface area contributed by atoms with Crippen LogP contribution >= 0.6 is 21.3 Å². The molecule has 1 aliphatic heterocycles. The number of carbonyl (C=O) groups excluding carboxylic acids is 1. The quantitative estimate of drug-likeness (QED) is 0.616. The smallest absolute Gasteiger partial charge is 0.261 e. The summed E-state index contributed by atoms with van der Waals surface area (Å²) in [7, 11) is -2.55. The molecule has 1 heterocycles. The van der Waals surface area contributed by atoms with Crippen molar-refractivity contribution in [3.8, 4) is 0 Å². The molecule has 0 aliphatic carbocycles. The Kier molecular flexibility index (Phi) is 4.56. The standard InChI is InChI=1S/C16H15ClFNO5S2/c1-8(2)11-6-12-15(7-14(11)26(17,23)24)25(21,22)13-5-9(18)3-4-10(13)16(20)19-12/h3-8,21-22H,1-2H3,(H,19,20). The fourth-order valence-electron chi connectivity index (χ4n) is 2.80. The maximum absolute atomic E-state index is 13.7. The Bertz CT molecular complexity index is 1040. The molecule has 0 spiro atoms. The van der Waals surface area contributed by atoms with Gasteiger partial charge in [-0.3, -0.25) is 13.9 Å². The average molecular weight is 420 g/mol. The molecular weight excluding hydrogens is 405 g/mol. The fraction of sp³-hybridized carbons (Fsp3) is 0.188. The molecule has 0 atom stereocenters. The Morgan fingerprint density at radius 2 is 1.81 bits per heavy atom. The van der Waals surface area contributed by atoms with E-state index in [0.717, 1.165) is 24.3 Å². The van der Waals surface area contributed by atoms with Crippen molar-refractivity contribution >= 4 is 41.9 Å². The zero-order chi connectivity index (χ0) is 19.4. The second-order valence-electron chi connectivity index (χ2n) is 6.12. The number of halogens is 2. The third-order valence-corrected chi connectivity index (χ3v) is 7.33. The van der Waals surface area contributed by atoms with E-state index in [-0.39, 0.29) is 31.9 Å². The van der Waals surface area contributed by atoms with Gasteiger partial charge in [0.15, 0.2) is 0 Å². The third-order valence-electron chi connectivity index (χ3n) is 4.05. The first-order chi connectivity index (χ1) is 11.9. The van der Waals surface area contributed by atoms with Crippen LogP contribution in [0.4, 0.5) is 10.1 Å². The van der Waals surface area contributed by atoms with Gasteiger partial charge < -0.3 is 5.32 Å². The molecule has 0 aromatic heterocycles. The summed E-state index contributed by atoms with van der Waals surface area (Å²) < 4.78 is 59.1. The largest absolute Gasteiger partial charge is 0.320 e. The minimum Gasteiger partial charge on any atom is -0.320 e. The van der Waals surface area contributed by atoms with Crippen LogP contribution in [0.25, 0.3) is 0 Å². The summed E-state index contributed by atoms with van der Waals surface area (Å²) in [6.07, 6.45) is 0. The Balaban J connectivity index is 2.40. The molecule has 1 amide bonds. The number of rotatable bonds is 2. The molecule has 0 bridgehead atoms. The van der Waals surface area contributed by atoms with Gasteiger partial charge in [-0.25, -0.2) is 12.8 Å². The Morgan fingerprint density at radius 3 is 2.38 bits per heavy atom. The molecule has 3 N–H and O–H groups in total. The predicted octanol–water partition coefficient (Wildman–Crippen LogP) is 4.61. The number of benzene rings is 2. The van der Waals surface area contributed by atoms with Crippen LogP contribution in [-0.4, -0.2) is 23.4 Å². The number of anilines is 1. The van der Waals surface area contributed by atoms with Crippen molar-refractivity contribution in [2.75, 3.05) is 5.32 Å². The minimum atomic E-state index is -4.20. The number of carbonyl (C=O) groups is 1. The van der Waals surface area contributed by atoms with E-state index in [9.17, 15) is 26.7 Å². The van der Waals surface area contributed by atoms with Gasteiger partial charge >= 0.3 is 0 Å². The zero-order valence-corrected chi connectivity index (χ0v) is 16.0. The van der Waals surface area contributed by atoms with Crippen LogP contribution in [0.15, 0.2) is 45.0 Å².